The Bertz CT molecular complexity index is 2520. The topological polar surface area (TPSA) is 149 Å². The van der Waals surface area contributed by atoms with Gasteiger partial charge >= 0.3 is 6.36 Å². The number of carbonyl (C=O) groups excluding carboxylic acids is 2. The predicted octanol–water partition coefficient (Wildman–Crippen LogP) is 7.57. The molecule has 8 rings (SSSR count). The largest absolute Gasteiger partial charge is 0.573 e. The number of nitrogens with one attached hydrogen (secondary N) is 2. The van der Waals surface area contributed by atoms with Crippen LogP contribution in [0.3, 0.4) is 0 Å². The van der Waals surface area contributed by atoms with Crippen LogP contribution < -0.4 is 15.2 Å². The lowest BCUT2D eigenvalue weighted by molar-refractivity contribution is -0.274. The second-order valence-corrected chi connectivity index (χ2v) is 15.3. The van der Waals surface area contributed by atoms with Gasteiger partial charge in [0.15, 0.2) is 0 Å². The van der Waals surface area contributed by atoms with Crippen LogP contribution in [-0.2, 0) is 27.8 Å². The number of H-pyrrole nitrogens is 1. The van der Waals surface area contributed by atoms with E-state index < -0.39 is 34.1 Å². The van der Waals surface area contributed by atoms with Gasteiger partial charge < -0.3 is 20.0 Å². The molecule has 6 aromatic rings. The molecule has 0 saturated heterocycles. The Labute approximate surface area is 302 Å². The maximum Gasteiger partial charge on any atom is 0.573 e. The van der Waals surface area contributed by atoms with Gasteiger partial charge in [-0.05, 0) is 78.8 Å². The van der Waals surface area contributed by atoms with Gasteiger partial charge in [0.2, 0.25) is 5.91 Å². The van der Waals surface area contributed by atoms with Crippen molar-refractivity contribution in [2.75, 3.05) is 0 Å². The summed E-state index contributed by atoms with van der Waals surface area (Å²) in [5.41, 5.74) is 12.0. The molecular formula is C39H34F3N5O5S. The fraction of sp³-hybridized carbons (Fsp3) is 0.256. The van der Waals surface area contributed by atoms with E-state index in [2.05, 4.69) is 14.4 Å². The maximum absolute atomic E-state index is 13.5. The number of hydrogen-bond acceptors (Lipinski definition) is 6. The molecule has 0 bridgehead atoms. The summed E-state index contributed by atoms with van der Waals surface area (Å²) in [6.45, 7) is 0.200. The van der Waals surface area contributed by atoms with E-state index in [-0.39, 0.29) is 35.1 Å². The molecule has 10 nitrogen and oxygen atoms in total. The summed E-state index contributed by atoms with van der Waals surface area (Å²) < 4.78 is 73.4. The number of alkyl halides is 3. The summed E-state index contributed by atoms with van der Waals surface area (Å²) in [7, 11) is -4.14. The predicted molar refractivity (Wildman–Crippen MR) is 192 cm³/mol. The van der Waals surface area contributed by atoms with Crippen molar-refractivity contribution in [1.82, 2.24) is 19.3 Å². The number of nitrogens with zero attached hydrogens (tertiary/aromatic N) is 2. The van der Waals surface area contributed by atoms with Crippen LogP contribution in [0.15, 0.2) is 89.8 Å². The standard InChI is InChI=1S/C39H34F3N5O5S/c40-39(41,42)52-26-11-7-10-23(18-26)37-44-31-17-16-28-30(34(31)45-37)19-25(36(43)48)21-47-32-20-24(38(49)46-53(50,51)27-12-5-2-6-13-27)14-15-29(32)33(35(28)47)22-8-3-1-4-9-22/h2,5-7,10-18,20,22,25H,1,3-4,8-9,19,21H2,(H2,43,48)(H,44,45)(H,46,49). The number of imidazole rings is 1. The average Bonchev–Trinajstić information content (AvgIpc) is 3.65. The van der Waals surface area contributed by atoms with E-state index in [0.29, 0.717) is 27.9 Å². The van der Waals surface area contributed by atoms with Crippen LogP contribution in [0.2, 0.25) is 0 Å². The Morgan fingerprint density at radius 2 is 1.72 bits per heavy atom. The minimum absolute atomic E-state index is 0.0401. The molecule has 1 saturated carbocycles. The third-order valence-electron chi connectivity index (χ3n) is 10.3. The fourth-order valence-electron chi connectivity index (χ4n) is 7.90. The molecule has 272 valence electrons. The Morgan fingerprint density at radius 1 is 0.943 bits per heavy atom. The first-order chi connectivity index (χ1) is 25.4. The molecule has 1 fully saturated rings. The number of rotatable bonds is 7. The van der Waals surface area contributed by atoms with Crippen LogP contribution in [0.1, 0.15) is 59.5 Å². The molecule has 4 N–H and O–H groups in total. The summed E-state index contributed by atoms with van der Waals surface area (Å²) in [6, 6.07) is 22.2. The molecule has 0 radical (unpaired) electrons. The third kappa shape index (κ3) is 6.52. The number of aromatic amines is 1. The van der Waals surface area contributed by atoms with E-state index in [1.807, 2.05) is 22.8 Å². The maximum atomic E-state index is 13.5. The second-order valence-electron chi connectivity index (χ2n) is 13.6. The van der Waals surface area contributed by atoms with Crippen LogP contribution in [0, 0.1) is 5.92 Å². The van der Waals surface area contributed by atoms with Crippen LogP contribution in [0.5, 0.6) is 5.75 Å². The van der Waals surface area contributed by atoms with Crippen molar-refractivity contribution in [3.8, 4) is 28.4 Å². The zero-order chi connectivity index (χ0) is 37.1. The summed E-state index contributed by atoms with van der Waals surface area (Å²) in [5, 5.41) is 0.898. The quantitative estimate of drug-likeness (QED) is 0.154. The van der Waals surface area contributed by atoms with Gasteiger partial charge in [0.1, 0.15) is 11.6 Å². The van der Waals surface area contributed by atoms with E-state index >= 15 is 0 Å². The molecule has 1 aliphatic carbocycles. The molecule has 1 aliphatic heterocycles. The zero-order valence-corrected chi connectivity index (χ0v) is 29.1. The Balaban J connectivity index is 1.29. The summed E-state index contributed by atoms with van der Waals surface area (Å²) in [6.07, 6.45) is 0.497. The Hall–Kier alpha value is -5.63. The number of aromatic nitrogens is 3. The number of fused-ring (bicyclic) bond motifs is 7. The lowest BCUT2D eigenvalue weighted by Crippen LogP contribution is -2.30. The molecule has 2 aromatic heterocycles. The van der Waals surface area contributed by atoms with Crippen molar-refractivity contribution in [1.29, 1.82) is 0 Å². The smallest absolute Gasteiger partial charge is 0.406 e. The number of halogens is 3. The lowest BCUT2D eigenvalue weighted by Gasteiger charge is -2.24. The third-order valence-corrected chi connectivity index (χ3v) is 11.6. The van der Waals surface area contributed by atoms with E-state index in [9.17, 15) is 31.2 Å². The van der Waals surface area contributed by atoms with Gasteiger partial charge in [-0.2, -0.15) is 0 Å². The first kappa shape index (κ1) is 34.5. The number of primary amides is 1. The van der Waals surface area contributed by atoms with Crippen molar-refractivity contribution in [3.63, 3.8) is 0 Å². The number of ether oxygens (including phenoxy) is 1. The summed E-state index contributed by atoms with van der Waals surface area (Å²) >= 11 is 0. The highest BCUT2D eigenvalue weighted by molar-refractivity contribution is 7.90. The normalized spacial score (nSPS) is 16.5. The second kappa shape index (κ2) is 13.1. The molecule has 1 unspecified atom stereocenters. The molecule has 53 heavy (non-hydrogen) atoms. The first-order valence-corrected chi connectivity index (χ1v) is 18.8. The summed E-state index contributed by atoms with van der Waals surface area (Å²) in [4.78, 5) is 34.7. The van der Waals surface area contributed by atoms with E-state index in [1.165, 1.54) is 30.3 Å². The van der Waals surface area contributed by atoms with Gasteiger partial charge in [-0.25, -0.2) is 18.1 Å². The highest BCUT2D eigenvalue weighted by Crippen LogP contribution is 2.48. The number of amides is 2. The average molecular weight is 742 g/mol. The van der Waals surface area contributed by atoms with Crippen LogP contribution in [0.25, 0.3) is 44.6 Å². The van der Waals surface area contributed by atoms with Crippen molar-refractivity contribution < 1.29 is 35.9 Å². The van der Waals surface area contributed by atoms with Crippen molar-refractivity contribution >= 4 is 43.8 Å². The fourth-order valence-corrected chi connectivity index (χ4v) is 8.90. The van der Waals surface area contributed by atoms with Crippen LogP contribution in [-0.4, -0.2) is 41.1 Å². The zero-order valence-electron chi connectivity index (χ0n) is 28.2. The molecule has 2 aliphatic rings. The molecule has 2 amide bonds. The molecular weight excluding hydrogens is 708 g/mol. The van der Waals surface area contributed by atoms with Gasteiger partial charge in [0, 0.05) is 34.1 Å². The molecule has 1 atom stereocenters. The number of nitrogens with two attached hydrogens (primary N) is 1. The SMILES string of the molecule is NC(=O)C1Cc2c(ccc3[nH]c(-c4cccc(OC(F)(F)F)c4)nc23)-c2c(C3CCCCC3)c3ccc(C(=O)NS(=O)(=O)c4ccccc4)cc3n2C1. The molecule has 3 heterocycles. The first-order valence-electron chi connectivity index (χ1n) is 17.3. The minimum Gasteiger partial charge on any atom is -0.406 e. The molecule has 0 spiro atoms. The lowest BCUT2D eigenvalue weighted by atomic mass is 9.81. The van der Waals surface area contributed by atoms with Crippen LogP contribution in [0.4, 0.5) is 13.2 Å². The minimum atomic E-state index is -4.85. The van der Waals surface area contributed by atoms with Gasteiger partial charge in [-0.1, -0.05) is 61.7 Å². The van der Waals surface area contributed by atoms with Crippen LogP contribution >= 0.6 is 0 Å². The van der Waals surface area contributed by atoms with Gasteiger partial charge in [0.25, 0.3) is 15.9 Å². The van der Waals surface area contributed by atoms with Crippen molar-refractivity contribution in [2.24, 2.45) is 11.7 Å². The van der Waals surface area contributed by atoms with Crippen molar-refractivity contribution in [2.45, 2.75) is 62.2 Å². The molecule has 14 heteroatoms. The van der Waals surface area contributed by atoms with Crippen molar-refractivity contribution in [3.05, 3.63) is 102 Å². The number of sulfonamides is 1. The highest BCUT2D eigenvalue weighted by atomic mass is 32.2. The van der Waals surface area contributed by atoms with Gasteiger partial charge in [-0.15, -0.1) is 13.2 Å². The Morgan fingerprint density at radius 3 is 2.45 bits per heavy atom. The van der Waals surface area contributed by atoms with E-state index in [0.717, 1.165) is 59.9 Å². The Kier molecular flexibility index (Phi) is 8.51. The summed E-state index contributed by atoms with van der Waals surface area (Å²) in [5.74, 6) is -1.88. The van der Waals surface area contributed by atoms with E-state index in [4.69, 9.17) is 10.7 Å². The number of benzene rings is 4. The number of hydrogen-bond donors (Lipinski definition) is 3. The van der Waals surface area contributed by atoms with Gasteiger partial charge in [-0.3, -0.25) is 9.59 Å². The monoisotopic (exact) mass is 741 g/mol. The highest BCUT2D eigenvalue weighted by Gasteiger charge is 2.35. The molecule has 4 aromatic carbocycles. The van der Waals surface area contributed by atoms with Gasteiger partial charge in [0.05, 0.1) is 27.5 Å². The van der Waals surface area contributed by atoms with E-state index in [1.54, 1.807) is 36.4 Å². The number of carbonyl (C=O) groups is 2.